The molecule has 1 unspecified atom stereocenters. The standard InChI is InChI=1S/C23H18ClF4N5O3S/c24-19-11-29-15(7-18(19)13-8-31-22(32-9-13)23(26,27)28)10-30-21(34)20-12-5-16(6-12)33(20)37(35,36)17-3-1-14(25)2-4-17/h1-4,7-9,11-12,16,20H,5-6,10H2,(H,30,34). The number of fused-ring (bicyclic) bond motifs is 1. The number of benzene rings is 1. The number of carbonyl (C=O) groups excluding carboxylic acids is 1. The molecule has 2 saturated heterocycles. The normalized spacial score (nSPS) is 21.5. The first-order valence-corrected chi connectivity index (χ1v) is 12.9. The van der Waals surface area contributed by atoms with Gasteiger partial charge in [0.05, 0.1) is 22.2 Å². The minimum atomic E-state index is -4.69. The molecule has 0 radical (unpaired) electrons. The van der Waals surface area contributed by atoms with E-state index in [1.807, 2.05) is 0 Å². The highest BCUT2D eigenvalue weighted by Crippen LogP contribution is 2.48. The van der Waals surface area contributed by atoms with Gasteiger partial charge in [-0.25, -0.2) is 22.8 Å². The summed E-state index contributed by atoms with van der Waals surface area (Å²) in [6.07, 6.45) is -0.318. The highest BCUT2D eigenvalue weighted by molar-refractivity contribution is 7.89. The summed E-state index contributed by atoms with van der Waals surface area (Å²) in [7, 11) is -4.02. The summed E-state index contributed by atoms with van der Waals surface area (Å²) in [5.41, 5.74) is 0.880. The molecule has 3 fully saturated rings. The SMILES string of the molecule is O=C(NCc1cc(-c2cnc(C(F)(F)F)nc2)c(Cl)cn1)C1C2CC(C2)N1S(=O)(=O)c1ccc(F)cc1. The zero-order valence-electron chi connectivity index (χ0n) is 18.8. The number of pyridine rings is 1. The van der Waals surface area contributed by atoms with Gasteiger partial charge in [-0.1, -0.05) is 11.6 Å². The van der Waals surface area contributed by atoms with Crippen LogP contribution < -0.4 is 5.32 Å². The summed E-state index contributed by atoms with van der Waals surface area (Å²) in [5, 5.41) is 2.84. The van der Waals surface area contributed by atoms with Crippen LogP contribution in [0.25, 0.3) is 11.1 Å². The van der Waals surface area contributed by atoms with Gasteiger partial charge in [0.2, 0.25) is 21.8 Å². The van der Waals surface area contributed by atoms with Crippen molar-refractivity contribution >= 4 is 27.5 Å². The van der Waals surface area contributed by atoms with E-state index in [1.54, 1.807) is 0 Å². The molecule has 1 aliphatic carbocycles. The zero-order valence-corrected chi connectivity index (χ0v) is 20.4. The van der Waals surface area contributed by atoms with E-state index in [0.29, 0.717) is 24.1 Å². The summed E-state index contributed by atoms with van der Waals surface area (Å²) < 4.78 is 79.2. The predicted octanol–water partition coefficient (Wildman–Crippen LogP) is 3.82. The Hall–Kier alpha value is -3.16. The van der Waals surface area contributed by atoms with Crippen LogP contribution in [-0.4, -0.2) is 45.7 Å². The first kappa shape index (κ1) is 25.5. The average Bonchev–Trinajstić information content (AvgIpc) is 3.41. The quantitative estimate of drug-likeness (QED) is 0.464. The number of alkyl halides is 3. The Morgan fingerprint density at radius 1 is 1.08 bits per heavy atom. The van der Waals surface area contributed by atoms with Crippen molar-refractivity contribution in [3.8, 4) is 11.1 Å². The molecule has 1 atom stereocenters. The van der Waals surface area contributed by atoms with Crippen molar-refractivity contribution in [1.29, 1.82) is 0 Å². The lowest BCUT2D eigenvalue weighted by Crippen LogP contribution is -2.46. The molecular formula is C23H18ClF4N5O3S. The van der Waals surface area contributed by atoms with Crippen LogP contribution in [0, 0.1) is 11.7 Å². The van der Waals surface area contributed by atoms with Gasteiger partial charge in [0.25, 0.3) is 0 Å². The van der Waals surface area contributed by atoms with Crippen LogP contribution in [0.15, 0.2) is 53.8 Å². The Balaban J connectivity index is 1.32. The highest BCUT2D eigenvalue weighted by Gasteiger charge is 2.58. The molecule has 1 saturated carbocycles. The highest BCUT2D eigenvalue weighted by atomic mass is 35.5. The van der Waals surface area contributed by atoms with Crippen LogP contribution in [0.4, 0.5) is 17.6 Å². The Labute approximate surface area is 213 Å². The van der Waals surface area contributed by atoms with E-state index in [9.17, 15) is 30.8 Å². The molecule has 14 heteroatoms. The summed E-state index contributed by atoms with van der Waals surface area (Å²) in [5.74, 6) is -2.51. The summed E-state index contributed by atoms with van der Waals surface area (Å²) in [6.45, 7) is -0.0805. The number of amides is 1. The number of aromatic nitrogens is 3. The van der Waals surface area contributed by atoms with Crippen LogP contribution in [0.2, 0.25) is 5.02 Å². The molecule has 4 heterocycles. The maximum absolute atomic E-state index is 13.3. The molecule has 194 valence electrons. The van der Waals surface area contributed by atoms with Crippen LogP contribution in [0.5, 0.6) is 0 Å². The van der Waals surface area contributed by atoms with Gasteiger partial charge in [-0.3, -0.25) is 9.78 Å². The van der Waals surface area contributed by atoms with Crippen molar-refractivity contribution in [1.82, 2.24) is 24.6 Å². The van der Waals surface area contributed by atoms with Crippen molar-refractivity contribution in [2.45, 2.75) is 42.5 Å². The molecule has 2 aromatic heterocycles. The second kappa shape index (κ2) is 9.30. The molecule has 0 spiro atoms. The maximum atomic E-state index is 13.3. The van der Waals surface area contributed by atoms with E-state index in [4.69, 9.17) is 11.6 Å². The molecular weight excluding hydrogens is 538 g/mol. The second-order valence-electron chi connectivity index (χ2n) is 8.79. The largest absolute Gasteiger partial charge is 0.451 e. The smallest absolute Gasteiger partial charge is 0.349 e. The Kier molecular flexibility index (Phi) is 6.40. The molecule has 3 aromatic rings. The third-order valence-corrected chi connectivity index (χ3v) is 8.71. The summed E-state index contributed by atoms with van der Waals surface area (Å²) >= 11 is 6.16. The lowest BCUT2D eigenvalue weighted by atomic mass is 9.83. The Morgan fingerprint density at radius 3 is 2.35 bits per heavy atom. The fourth-order valence-electron chi connectivity index (χ4n) is 4.63. The number of hydrogen-bond acceptors (Lipinski definition) is 6. The van der Waals surface area contributed by atoms with Gasteiger partial charge >= 0.3 is 6.18 Å². The molecule has 8 nitrogen and oxygen atoms in total. The third-order valence-electron chi connectivity index (χ3n) is 6.46. The number of nitrogens with zero attached hydrogens (tertiary/aromatic N) is 4. The molecule has 37 heavy (non-hydrogen) atoms. The van der Waals surface area contributed by atoms with Gasteiger partial charge in [0.1, 0.15) is 11.9 Å². The van der Waals surface area contributed by atoms with Gasteiger partial charge in [-0.2, -0.15) is 17.5 Å². The van der Waals surface area contributed by atoms with E-state index in [2.05, 4.69) is 20.3 Å². The van der Waals surface area contributed by atoms with Gasteiger partial charge in [-0.05, 0) is 49.1 Å². The topological polar surface area (TPSA) is 105 Å². The number of nitrogens with one attached hydrogen (secondary N) is 1. The first-order chi connectivity index (χ1) is 17.4. The van der Waals surface area contributed by atoms with Crippen molar-refractivity contribution in [2.75, 3.05) is 0 Å². The second-order valence-corrected chi connectivity index (χ2v) is 11.0. The van der Waals surface area contributed by atoms with E-state index in [0.717, 1.165) is 24.5 Å². The van der Waals surface area contributed by atoms with E-state index in [1.165, 1.54) is 28.7 Å². The fourth-order valence-corrected chi connectivity index (χ4v) is 6.70. The van der Waals surface area contributed by atoms with Crippen molar-refractivity contribution < 1.29 is 30.8 Å². The molecule has 2 bridgehead atoms. The molecule has 2 aliphatic heterocycles. The lowest BCUT2D eigenvalue weighted by Gasteiger charge is -2.25. The minimum Gasteiger partial charge on any atom is -0.349 e. The van der Waals surface area contributed by atoms with Crippen LogP contribution >= 0.6 is 11.6 Å². The monoisotopic (exact) mass is 555 g/mol. The van der Waals surface area contributed by atoms with Gasteiger partial charge in [0, 0.05) is 35.8 Å². The number of sulfonamides is 1. The molecule has 6 rings (SSSR count). The Bertz CT molecular complexity index is 1450. The fraction of sp³-hybridized carbons (Fsp3) is 0.304. The van der Waals surface area contributed by atoms with E-state index >= 15 is 0 Å². The van der Waals surface area contributed by atoms with Crippen molar-refractivity contribution in [3.63, 3.8) is 0 Å². The van der Waals surface area contributed by atoms with Crippen LogP contribution in [-0.2, 0) is 27.5 Å². The van der Waals surface area contributed by atoms with Crippen LogP contribution in [0.1, 0.15) is 24.4 Å². The van der Waals surface area contributed by atoms with Crippen molar-refractivity contribution in [3.05, 3.63) is 71.3 Å². The Morgan fingerprint density at radius 2 is 1.73 bits per heavy atom. The van der Waals surface area contributed by atoms with Crippen LogP contribution in [0.3, 0.4) is 0 Å². The van der Waals surface area contributed by atoms with Gasteiger partial charge in [0.15, 0.2) is 0 Å². The molecule has 1 amide bonds. The maximum Gasteiger partial charge on any atom is 0.451 e. The van der Waals surface area contributed by atoms with Gasteiger partial charge < -0.3 is 5.32 Å². The van der Waals surface area contributed by atoms with E-state index in [-0.39, 0.29) is 34.0 Å². The molecule has 1 aromatic carbocycles. The average molecular weight is 556 g/mol. The summed E-state index contributed by atoms with van der Waals surface area (Å²) in [4.78, 5) is 23.8. The van der Waals surface area contributed by atoms with E-state index < -0.39 is 39.8 Å². The van der Waals surface area contributed by atoms with Gasteiger partial charge in [-0.15, -0.1) is 0 Å². The lowest BCUT2D eigenvalue weighted by molar-refractivity contribution is -0.145. The van der Waals surface area contributed by atoms with Crippen molar-refractivity contribution in [2.24, 2.45) is 5.92 Å². The first-order valence-electron chi connectivity index (χ1n) is 11.1. The number of hydrogen-bond donors (Lipinski definition) is 1. The third kappa shape index (κ3) is 4.78. The number of carbonyl (C=O) groups is 1. The number of halogens is 5. The molecule has 1 N–H and O–H groups in total. The number of rotatable bonds is 6. The minimum absolute atomic E-state index is 0.0805. The molecule has 3 aliphatic rings. The summed E-state index contributed by atoms with van der Waals surface area (Å²) in [6, 6.07) is 4.68. The zero-order chi connectivity index (χ0) is 26.5. The predicted molar refractivity (Wildman–Crippen MR) is 123 cm³/mol.